The normalized spacial score (nSPS) is 12.1. The Morgan fingerprint density at radius 1 is 0.711 bits per heavy atom. The molecule has 0 saturated heterocycles. The van der Waals surface area contributed by atoms with Gasteiger partial charge in [-0.15, -0.1) is 34.0 Å². The molecule has 218 valence electrons. The van der Waals surface area contributed by atoms with Crippen LogP contribution >= 0.6 is 34.0 Å². The fourth-order valence-corrected chi connectivity index (χ4v) is 8.84. The third-order valence-corrected chi connectivity index (χ3v) is 11.4. The van der Waals surface area contributed by atoms with E-state index >= 15 is 0 Å². The molecule has 0 amide bonds. The molecular weight excluding hydrogens is 617 g/mol. The minimum absolute atomic E-state index is 0.0636. The molecule has 5 nitrogen and oxygen atoms in total. The molecule has 45 heavy (non-hydrogen) atoms. The number of fused-ring (bicyclic) bond motifs is 3. The molecule has 0 atom stereocenters. The summed E-state index contributed by atoms with van der Waals surface area (Å²) in [6, 6.07) is 35.3. The molecule has 0 radical (unpaired) electrons. The fourth-order valence-electron chi connectivity index (χ4n) is 5.33. The second kappa shape index (κ2) is 11.5. The summed E-state index contributed by atoms with van der Waals surface area (Å²) in [5.41, 5.74) is 7.71. The van der Waals surface area contributed by atoms with Crippen molar-refractivity contribution in [2.24, 2.45) is 0 Å². The van der Waals surface area contributed by atoms with Crippen LogP contribution < -0.4 is 4.90 Å². The third-order valence-electron chi connectivity index (χ3n) is 7.66. The predicted molar refractivity (Wildman–Crippen MR) is 185 cm³/mol. The number of anilines is 3. The van der Waals surface area contributed by atoms with E-state index in [1.165, 1.54) is 28.5 Å². The number of rotatable bonds is 7. The van der Waals surface area contributed by atoms with Gasteiger partial charge in [-0.1, -0.05) is 47.5 Å². The van der Waals surface area contributed by atoms with E-state index in [0.717, 1.165) is 47.0 Å². The Kier molecular flexibility index (Phi) is 7.30. The molecule has 0 aliphatic heterocycles. The van der Waals surface area contributed by atoms with Gasteiger partial charge in [0.05, 0.1) is 9.75 Å². The molecule has 0 saturated carbocycles. The predicted octanol–water partition coefficient (Wildman–Crippen LogP) is 10.5. The highest BCUT2D eigenvalue weighted by atomic mass is 32.1. The van der Waals surface area contributed by atoms with Crippen molar-refractivity contribution in [3.05, 3.63) is 130 Å². The molecule has 0 spiro atoms. The number of carboxylic acid groups (broad SMARTS) is 1. The first-order chi connectivity index (χ1) is 21.8. The number of thiophene rings is 3. The average Bonchev–Trinajstić information content (AvgIpc) is 3.83. The number of aliphatic carboxylic acids is 1. The summed E-state index contributed by atoms with van der Waals surface area (Å²) in [5.74, 6) is -1.35. The van der Waals surface area contributed by atoms with Gasteiger partial charge in [-0.3, -0.25) is 4.79 Å². The van der Waals surface area contributed by atoms with E-state index in [-0.39, 0.29) is 11.4 Å². The molecule has 3 aromatic carbocycles. The van der Waals surface area contributed by atoms with Crippen molar-refractivity contribution in [3.63, 3.8) is 0 Å². The summed E-state index contributed by atoms with van der Waals surface area (Å²) in [4.78, 5) is 32.3. The third kappa shape index (κ3) is 5.32. The van der Waals surface area contributed by atoms with E-state index in [4.69, 9.17) is 5.26 Å². The summed E-state index contributed by atoms with van der Waals surface area (Å²) in [5, 5.41) is 18.3. The molecule has 0 bridgehead atoms. The van der Waals surface area contributed by atoms with E-state index in [1.807, 2.05) is 6.07 Å². The fraction of sp³-hybridized carbons (Fsp3) is 0.0541. The van der Waals surface area contributed by atoms with Crippen molar-refractivity contribution in [1.82, 2.24) is 0 Å². The van der Waals surface area contributed by atoms with Crippen LogP contribution in [0.1, 0.15) is 31.9 Å². The summed E-state index contributed by atoms with van der Waals surface area (Å²) in [6.07, 6.45) is 1.32. The Morgan fingerprint density at radius 3 is 1.82 bits per heavy atom. The summed E-state index contributed by atoms with van der Waals surface area (Å²) in [6.45, 7) is 4.19. The zero-order valence-electron chi connectivity index (χ0n) is 24.2. The molecule has 1 aliphatic carbocycles. The van der Waals surface area contributed by atoms with Crippen LogP contribution in [0, 0.1) is 25.2 Å². The van der Waals surface area contributed by atoms with E-state index in [9.17, 15) is 14.7 Å². The van der Waals surface area contributed by atoms with Crippen LogP contribution in [0.3, 0.4) is 0 Å². The van der Waals surface area contributed by atoms with Crippen molar-refractivity contribution < 1.29 is 14.7 Å². The largest absolute Gasteiger partial charge is 0.477 e. The van der Waals surface area contributed by atoms with Crippen molar-refractivity contribution in [2.45, 2.75) is 13.8 Å². The Balaban J connectivity index is 1.17. The molecule has 1 N–H and O–H groups in total. The van der Waals surface area contributed by atoms with Gasteiger partial charge in [0.1, 0.15) is 11.6 Å². The Hall–Kier alpha value is -5.07. The number of ketones is 1. The SMILES string of the molecule is Cc1ccc(N(c2ccc(C)cc2)c2ccc(-c3ccc(-c4cc5c(s4)-c4sc(/C=C(\C#N)C(=O)O)cc4C5=O)s3)cc2)cc1. The summed E-state index contributed by atoms with van der Waals surface area (Å²) < 4.78 is 0. The standard InChI is InChI=1S/C37H24N2O3S3/c1-21-3-9-25(10-4-21)39(26-11-5-22(2)6-12-26)27-13-7-23(8-14-27)31-15-16-32(44-31)33-19-30-34(40)29-18-28(17-24(20-38)37(41)42)43-35(29)36(30)45-33/h3-19H,1-2H3,(H,41,42)/b24-17+. The number of hydrogen-bond donors (Lipinski definition) is 1. The molecule has 3 heterocycles. The molecule has 1 aliphatic rings. The lowest BCUT2D eigenvalue weighted by molar-refractivity contribution is -0.132. The Morgan fingerprint density at radius 2 is 1.24 bits per heavy atom. The van der Waals surface area contributed by atoms with Crippen molar-refractivity contribution >= 4 is 68.9 Å². The van der Waals surface area contributed by atoms with E-state index < -0.39 is 5.97 Å². The maximum Gasteiger partial charge on any atom is 0.346 e. The minimum Gasteiger partial charge on any atom is -0.477 e. The zero-order valence-corrected chi connectivity index (χ0v) is 26.6. The molecule has 0 unspecified atom stereocenters. The van der Waals surface area contributed by atoms with Crippen molar-refractivity contribution in [1.29, 1.82) is 5.26 Å². The lowest BCUT2D eigenvalue weighted by Gasteiger charge is -2.26. The van der Waals surface area contributed by atoms with Gasteiger partial charge < -0.3 is 10.0 Å². The highest BCUT2D eigenvalue weighted by Crippen LogP contribution is 2.50. The van der Waals surface area contributed by atoms with Crippen LogP contribution in [0.4, 0.5) is 17.1 Å². The first kappa shape index (κ1) is 28.7. The minimum atomic E-state index is -1.28. The number of hydrogen-bond acceptors (Lipinski definition) is 7. The molecule has 6 aromatic rings. The van der Waals surface area contributed by atoms with Gasteiger partial charge in [-0.25, -0.2) is 4.79 Å². The van der Waals surface area contributed by atoms with Gasteiger partial charge in [0.2, 0.25) is 0 Å². The smallest absolute Gasteiger partial charge is 0.346 e. The maximum absolute atomic E-state index is 13.2. The lowest BCUT2D eigenvalue weighted by Crippen LogP contribution is -2.09. The molecular formula is C37H24N2O3S3. The monoisotopic (exact) mass is 640 g/mol. The van der Waals surface area contributed by atoms with E-state index in [0.29, 0.717) is 16.0 Å². The van der Waals surface area contributed by atoms with Crippen molar-refractivity contribution in [3.8, 4) is 36.0 Å². The van der Waals surface area contributed by atoms with Gasteiger partial charge in [0, 0.05) is 47.7 Å². The van der Waals surface area contributed by atoms with Crippen LogP contribution in [-0.4, -0.2) is 16.9 Å². The number of nitrogens with zero attached hydrogens (tertiary/aromatic N) is 2. The topological polar surface area (TPSA) is 81.4 Å². The second-order valence-corrected chi connectivity index (χ2v) is 14.0. The number of benzene rings is 3. The molecule has 7 rings (SSSR count). The lowest BCUT2D eigenvalue weighted by atomic mass is 10.1. The number of carboxylic acids is 1. The van der Waals surface area contributed by atoms with Gasteiger partial charge in [-0.05, 0) is 86.2 Å². The molecule has 0 fully saturated rings. The van der Waals surface area contributed by atoms with Crippen LogP contribution in [0.2, 0.25) is 0 Å². The van der Waals surface area contributed by atoms with Crippen molar-refractivity contribution in [2.75, 3.05) is 4.90 Å². The highest BCUT2D eigenvalue weighted by Gasteiger charge is 2.32. The quantitative estimate of drug-likeness (QED) is 0.138. The van der Waals surface area contributed by atoms with E-state index in [1.54, 1.807) is 34.8 Å². The van der Waals surface area contributed by atoms with Gasteiger partial charge in [0.25, 0.3) is 0 Å². The molecule has 8 heteroatoms. The Bertz CT molecular complexity index is 2130. The molecule has 3 aromatic heterocycles. The van der Waals surface area contributed by atoms with Gasteiger partial charge >= 0.3 is 5.97 Å². The highest BCUT2D eigenvalue weighted by molar-refractivity contribution is 7.28. The van der Waals surface area contributed by atoms with Crippen LogP contribution in [0.25, 0.3) is 36.0 Å². The number of nitriles is 1. The van der Waals surface area contributed by atoms with Gasteiger partial charge in [0.15, 0.2) is 5.78 Å². The second-order valence-electron chi connectivity index (χ2n) is 10.8. The summed E-state index contributed by atoms with van der Waals surface area (Å²) >= 11 is 4.60. The number of carbonyl (C=O) groups excluding carboxylic acids is 1. The average molecular weight is 641 g/mol. The number of aryl methyl sites for hydroxylation is 2. The number of carbonyl (C=O) groups is 2. The Labute approximate surface area is 272 Å². The van der Waals surface area contributed by atoms with Crippen LogP contribution in [-0.2, 0) is 4.79 Å². The van der Waals surface area contributed by atoms with Crippen LogP contribution in [0.15, 0.2) is 103 Å². The zero-order chi connectivity index (χ0) is 31.2. The first-order valence-electron chi connectivity index (χ1n) is 14.1. The van der Waals surface area contributed by atoms with Crippen LogP contribution in [0.5, 0.6) is 0 Å². The van der Waals surface area contributed by atoms with E-state index in [2.05, 4.69) is 104 Å². The van der Waals surface area contributed by atoms with Gasteiger partial charge in [-0.2, -0.15) is 5.26 Å². The maximum atomic E-state index is 13.2. The first-order valence-corrected chi connectivity index (χ1v) is 16.6. The summed E-state index contributed by atoms with van der Waals surface area (Å²) in [7, 11) is 0.